The minimum Gasteiger partial charge on any atom is -0.496 e. The summed E-state index contributed by atoms with van der Waals surface area (Å²) >= 11 is 0. The Labute approximate surface area is 128 Å². The first kappa shape index (κ1) is 13.0. The van der Waals surface area contributed by atoms with E-state index < -0.39 is 0 Å². The van der Waals surface area contributed by atoms with E-state index in [-0.39, 0.29) is 5.91 Å². The first-order valence-corrected chi connectivity index (χ1v) is 7.22. The van der Waals surface area contributed by atoms with Crippen LogP contribution in [0.3, 0.4) is 0 Å². The maximum absolute atomic E-state index is 12.8. The molecule has 4 nitrogen and oxygen atoms in total. The zero-order valence-electron chi connectivity index (χ0n) is 12.5. The van der Waals surface area contributed by atoms with Crippen molar-refractivity contribution >= 4 is 22.5 Å². The molecule has 110 valence electrons. The van der Waals surface area contributed by atoms with Gasteiger partial charge in [0, 0.05) is 24.4 Å². The van der Waals surface area contributed by atoms with Gasteiger partial charge in [0.1, 0.15) is 5.75 Å². The van der Waals surface area contributed by atoms with Crippen molar-refractivity contribution in [2.24, 2.45) is 7.05 Å². The normalized spacial score (nSPS) is 13.7. The lowest BCUT2D eigenvalue weighted by Crippen LogP contribution is -2.23. The molecule has 0 unspecified atom stereocenters. The lowest BCUT2D eigenvalue weighted by molar-refractivity contribution is 0.0994. The third kappa shape index (κ3) is 1.73. The van der Waals surface area contributed by atoms with Gasteiger partial charge in [-0.25, -0.2) is 0 Å². The van der Waals surface area contributed by atoms with Crippen LogP contribution in [0.5, 0.6) is 5.75 Å². The summed E-state index contributed by atoms with van der Waals surface area (Å²) in [6.07, 6.45) is 2.03. The molecule has 0 radical (unpaired) electrons. The van der Waals surface area contributed by atoms with E-state index in [2.05, 4.69) is 22.8 Å². The molecule has 1 aliphatic rings. The van der Waals surface area contributed by atoms with Crippen molar-refractivity contribution in [3.63, 3.8) is 0 Å². The average Bonchev–Trinajstić information content (AvgIpc) is 3.08. The number of rotatable bonds is 2. The van der Waals surface area contributed by atoms with Crippen molar-refractivity contribution in [2.75, 3.05) is 12.0 Å². The van der Waals surface area contributed by atoms with Gasteiger partial charge in [0.15, 0.2) is 0 Å². The molecular weight excluding hydrogens is 276 g/mol. The van der Waals surface area contributed by atoms with Crippen LogP contribution in [-0.4, -0.2) is 17.6 Å². The molecule has 0 fully saturated rings. The number of methoxy groups -OCH3 is 1. The SMILES string of the molecule is COc1cccc2c1C(=O)N(c1ccc3ccn(C)c3c1)C2. The van der Waals surface area contributed by atoms with Gasteiger partial charge < -0.3 is 14.2 Å². The average molecular weight is 292 g/mol. The topological polar surface area (TPSA) is 34.5 Å². The molecule has 22 heavy (non-hydrogen) atoms. The molecule has 0 atom stereocenters. The maximum atomic E-state index is 12.8. The van der Waals surface area contributed by atoms with Gasteiger partial charge >= 0.3 is 0 Å². The predicted molar refractivity (Wildman–Crippen MR) is 86.4 cm³/mol. The molecule has 4 rings (SSSR count). The third-order valence-electron chi connectivity index (χ3n) is 4.30. The van der Waals surface area contributed by atoms with E-state index in [0.29, 0.717) is 17.9 Å². The first-order chi connectivity index (χ1) is 10.7. The fourth-order valence-corrected chi connectivity index (χ4v) is 3.13. The van der Waals surface area contributed by atoms with Gasteiger partial charge in [-0.3, -0.25) is 4.79 Å². The molecule has 0 N–H and O–H groups in total. The number of hydrogen-bond donors (Lipinski definition) is 0. The second kappa shape index (κ2) is 4.63. The summed E-state index contributed by atoms with van der Waals surface area (Å²) in [4.78, 5) is 14.6. The van der Waals surface area contributed by atoms with Crippen LogP contribution < -0.4 is 9.64 Å². The quantitative estimate of drug-likeness (QED) is 0.726. The van der Waals surface area contributed by atoms with Gasteiger partial charge in [0.05, 0.1) is 19.2 Å². The fourth-order valence-electron chi connectivity index (χ4n) is 3.13. The number of hydrogen-bond acceptors (Lipinski definition) is 2. The monoisotopic (exact) mass is 292 g/mol. The van der Waals surface area contributed by atoms with Crippen molar-refractivity contribution in [2.45, 2.75) is 6.54 Å². The van der Waals surface area contributed by atoms with Crippen LogP contribution in [0.1, 0.15) is 15.9 Å². The molecule has 0 saturated heterocycles. The van der Waals surface area contributed by atoms with E-state index in [1.165, 1.54) is 5.39 Å². The van der Waals surface area contributed by atoms with Crippen molar-refractivity contribution in [1.82, 2.24) is 4.57 Å². The van der Waals surface area contributed by atoms with Crippen LogP contribution in [0.15, 0.2) is 48.7 Å². The fraction of sp³-hybridized carbons (Fsp3) is 0.167. The summed E-state index contributed by atoms with van der Waals surface area (Å²) < 4.78 is 7.40. The summed E-state index contributed by atoms with van der Waals surface area (Å²) in [6.45, 7) is 0.585. The van der Waals surface area contributed by atoms with Gasteiger partial charge in [-0.2, -0.15) is 0 Å². The lowest BCUT2D eigenvalue weighted by Gasteiger charge is -2.16. The molecule has 0 saturated carbocycles. The minimum atomic E-state index is 0.000934. The third-order valence-corrected chi connectivity index (χ3v) is 4.30. The standard InChI is InChI=1S/C18H16N2O2/c1-19-9-8-12-6-7-14(10-15(12)19)20-11-13-4-3-5-16(22-2)17(13)18(20)21/h3-10H,11H2,1-2H3. The Morgan fingerprint density at radius 3 is 2.82 bits per heavy atom. The van der Waals surface area contributed by atoms with E-state index in [1.54, 1.807) is 12.0 Å². The summed E-state index contributed by atoms with van der Waals surface area (Å²) in [5.74, 6) is 0.644. The molecule has 1 aromatic heterocycles. The Bertz CT molecular complexity index is 895. The van der Waals surface area contributed by atoms with E-state index in [9.17, 15) is 4.79 Å². The molecule has 4 heteroatoms. The van der Waals surface area contributed by atoms with Crippen LogP contribution in [0.2, 0.25) is 0 Å². The highest BCUT2D eigenvalue weighted by atomic mass is 16.5. The van der Waals surface area contributed by atoms with Crippen molar-refractivity contribution in [3.8, 4) is 5.75 Å². The molecule has 1 amide bonds. The van der Waals surface area contributed by atoms with E-state index in [1.807, 2.05) is 37.5 Å². The van der Waals surface area contributed by atoms with Crippen LogP contribution in [0, 0.1) is 0 Å². The number of ether oxygens (including phenoxy) is 1. The van der Waals surface area contributed by atoms with Gasteiger partial charge in [-0.1, -0.05) is 18.2 Å². The van der Waals surface area contributed by atoms with Gasteiger partial charge in [-0.15, -0.1) is 0 Å². The molecular formula is C18H16N2O2. The second-order valence-electron chi connectivity index (χ2n) is 5.56. The molecule has 1 aliphatic heterocycles. The number of nitrogens with zero attached hydrogens (tertiary/aromatic N) is 2. The lowest BCUT2D eigenvalue weighted by atomic mass is 10.1. The highest BCUT2D eigenvalue weighted by Crippen LogP contribution is 2.34. The Balaban J connectivity index is 1.80. The Morgan fingerprint density at radius 2 is 2.00 bits per heavy atom. The number of amides is 1. The Kier molecular flexibility index (Phi) is 2.73. The van der Waals surface area contributed by atoms with Crippen LogP contribution in [-0.2, 0) is 13.6 Å². The molecule has 2 aromatic carbocycles. The zero-order chi connectivity index (χ0) is 15.3. The highest BCUT2D eigenvalue weighted by molar-refractivity contribution is 6.12. The molecule has 0 spiro atoms. The number of aryl methyl sites for hydroxylation is 1. The van der Waals surface area contributed by atoms with Gasteiger partial charge in [-0.05, 0) is 35.2 Å². The minimum absolute atomic E-state index is 0.000934. The van der Waals surface area contributed by atoms with E-state index >= 15 is 0 Å². The van der Waals surface area contributed by atoms with Crippen molar-refractivity contribution in [1.29, 1.82) is 0 Å². The second-order valence-corrected chi connectivity index (χ2v) is 5.56. The zero-order valence-corrected chi connectivity index (χ0v) is 12.5. The molecule has 3 aromatic rings. The first-order valence-electron chi connectivity index (χ1n) is 7.22. The number of benzene rings is 2. The summed E-state index contributed by atoms with van der Waals surface area (Å²) in [5.41, 5.74) is 3.72. The number of aromatic nitrogens is 1. The van der Waals surface area contributed by atoms with Crippen LogP contribution >= 0.6 is 0 Å². The number of carbonyl (C=O) groups excluding carboxylic acids is 1. The largest absolute Gasteiger partial charge is 0.496 e. The smallest absolute Gasteiger partial charge is 0.262 e. The maximum Gasteiger partial charge on any atom is 0.262 e. The highest BCUT2D eigenvalue weighted by Gasteiger charge is 2.31. The summed E-state index contributed by atoms with van der Waals surface area (Å²) in [5, 5.41) is 1.17. The van der Waals surface area contributed by atoms with Crippen molar-refractivity contribution < 1.29 is 9.53 Å². The van der Waals surface area contributed by atoms with Gasteiger partial charge in [0.25, 0.3) is 5.91 Å². The van der Waals surface area contributed by atoms with E-state index in [4.69, 9.17) is 4.74 Å². The van der Waals surface area contributed by atoms with Crippen LogP contribution in [0.4, 0.5) is 5.69 Å². The number of fused-ring (bicyclic) bond motifs is 2. The number of anilines is 1. The van der Waals surface area contributed by atoms with Crippen molar-refractivity contribution in [3.05, 3.63) is 59.8 Å². The summed E-state index contributed by atoms with van der Waals surface area (Å²) in [7, 11) is 3.61. The predicted octanol–water partition coefficient (Wildman–Crippen LogP) is 3.35. The molecule has 2 heterocycles. The summed E-state index contributed by atoms with van der Waals surface area (Å²) in [6, 6.07) is 13.9. The van der Waals surface area contributed by atoms with Crippen LogP contribution in [0.25, 0.3) is 10.9 Å². The Morgan fingerprint density at radius 1 is 1.14 bits per heavy atom. The van der Waals surface area contributed by atoms with E-state index in [0.717, 1.165) is 16.8 Å². The number of carbonyl (C=O) groups is 1. The van der Waals surface area contributed by atoms with Gasteiger partial charge in [0.2, 0.25) is 0 Å². The molecule has 0 bridgehead atoms. The Hall–Kier alpha value is -2.75. The molecule has 0 aliphatic carbocycles.